The van der Waals surface area contributed by atoms with Crippen molar-refractivity contribution in [3.05, 3.63) is 39.9 Å². The van der Waals surface area contributed by atoms with Gasteiger partial charge in [-0.15, -0.1) is 0 Å². The fourth-order valence-electron chi connectivity index (χ4n) is 2.22. The third-order valence-corrected chi connectivity index (χ3v) is 3.53. The van der Waals surface area contributed by atoms with Crippen molar-refractivity contribution in [1.29, 1.82) is 0 Å². The van der Waals surface area contributed by atoms with Gasteiger partial charge in [0.25, 0.3) is 11.6 Å². The molecule has 0 saturated heterocycles. The number of hydrogen-bond donors (Lipinski definition) is 0. The zero-order chi connectivity index (χ0) is 15.7. The Kier molecular flexibility index (Phi) is 7.43. The first-order valence-corrected chi connectivity index (χ1v) is 7.63. The number of carbonyl (C=O) groups excluding carboxylic acids is 1. The molecule has 0 aliphatic carbocycles. The second kappa shape index (κ2) is 9.10. The quantitative estimate of drug-likeness (QED) is 0.392. The van der Waals surface area contributed by atoms with E-state index in [4.69, 9.17) is 0 Å². The average Bonchev–Trinajstić information content (AvgIpc) is 2.50. The van der Waals surface area contributed by atoms with Gasteiger partial charge in [-0.25, -0.2) is 0 Å². The van der Waals surface area contributed by atoms with Crippen molar-refractivity contribution >= 4 is 11.6 Å². The Labute approximate surface area is 126 Å². The number of unbranched alkanes of at least 4 members (excludes halogenated alkanes) is 4. The van der Waals surface area contributed by atoms with Crippen LogP contribution >= 0.6 is 0 Å². The summed E-state index contributed by atoms with van der Waals surface area (Å²) < 4.78 is 0. The Morgan fingerprint density at radius 3 is 2.24 bits per heavy atom. The van der Waals surface area contributed by atoms with Gasteiger partial charge in [0.1, 0.15) is 0 Å². The van der Waals surface area contributed by atoms with Gasteiger partial charge in [-0.05, 0) is 25.5 Å². The van der Waals surface area contributed by atoms with Crippen LogP contribution in [-0.4, -0.2) is 28.8 Å². The van der Waals surface area contributed by atoms with E-state index < -0.39 is 4.92 Å². The second-order valence-corrected chi connectivity index (χ2v) is 5.10. The van der Waals surface area contributed by atoms with E-state index >= 15 is 0 Å². The molecule has 0 unspecified atom stereocenters. The zero-order valence-electron chi connectivity index (χ0n) is 12.9. The summed E-state index contributed by atoms with van der Waals surface area (Å²) >= 11 is 0. The van der Waals surface area contributed by atoms with E-state index in [2.05, 4.69) is 6.92 Å². The molecule has 0 atom stereocenters. The van der Waals surface area contributed by atoms with E-state index in [1.807, 2.05) is 6.92 Å². The molecule has 0 saturated carbocycles. The lowest BCUT2D eigenvalue weighted by Gasteiger charge is -2.20. The number of carbonyl (C=O) groups is 1. The molecule has 5 heteroatoms. The van der Waals surface area contributed by atoms with Crippen molar-refractivity contribution in [2.24, 2.45) is 0 Å². The van der Waals surface area contributed by atoms with Gasteiger partial charge < -0.3 is 4.90 Å². The lowest BCUT2D eigenvalue weighted by molar-refractivity contribution is -0.384. The minimum atomic E-state index is -0.459. The summed E-state index contributed by atoms with van der Waals surface area (Å²) in [6, 6.07) is 5.81. The first-order valence-electron chi connectivity index (χ1n) is 7.63. The van der Waals surface area contributed by atoms with Crippen LogP contribution in [0.1, 0.15) is 56.3 Å². The Hall–Kier alpha value is -1.91. The molecule has 1 aromatic carbocycles. The van der Waals surface area contributed by atoms with Crippen LogP contribution in [0.15, 0.2) is 24.3 Å². The summed E-state index contributed by atoms with van der Waals surface area (Å²) in [5.74, 6) is -0.0529. The summed E-state index contributed by atoms with van der Waals surface area (Å²) in [5.41, 5.74) is 0.519. The minimum Gasteiger partial charge on any atom is -0.339 e. The largest absolute Gasteiger partial charge is 0.339 e. The minimum absolute atomic E-state index is 0.00849. The van der Waals surface area contributed by atoms with Gasteiger partial charge >= 0.3 is 0 Å². The summed E-state index contributed by atoms with van der Waals surface area (Å²) in [5, 5.41) is 10.6. The molecule has 1 aromatic rings. The molecule has 0 fully saturated rings. The summed E-state index contributed by atoms with van der Waals surface area (Å²) in [4.78, 5) is 24.3. The number of nitro benzene ring substituents is 1. The topological polar surface area (TPSA) is 63.5 Å². The molecule has 0 radical (unpaired) electrons. The zero-order valence-corrected chi connectivity index (χ0v) is 12.9. The van der Waals surface area contributed by atoms with Crippen LogP contribution in [0.3, 0.4) is 0 Å². The Bertz CT molecular complexity index is 457. The summed E-state index contributed by atoms with van der Waals surface area (Å²) in [7, 11) is 0. The normalized spacial score (nSPS) is 10.4. The maximum absolute atomic E-state index is 12.3. The Balaban J connectivity index is 2.55. The molecule has 21 heavy (non-hydrogen) atoms. The average molecular weight is 292 g/mol. The third kappa shape index (κ3) is 5.53. The maximum atomic E-state index is 12.3. The van der Waals surface area contributed by atoms with Crippen LogP contribution in [0.25, 0.3) is 0 Å². The van der Waals surface area contributed by atoms with E-state index in [0.29, 0.717) is 12.1 Å². The van der Waals surface area contributed by atoms with Crippen LogP contribution in [0.4, 0.5) is 5.69 Å². The number of hydrogen-bond acceptors (Lipinski definition) is 3. The first-order chi connectivity index (χ1) is 10.1. The van der Waals surface area contributed by atoms with Crippen molar-refractivity contribution in [2.75, 3.05) is 13.1 Å². The van der Waals surface area contributed by atoms with Crippen LogP contribution in [0.2, 0.25) is 0 Å². The van der Waals surface area contributed by atoms with E-state index in [1.165, 1.54) is 43.5 Å². The van der Waals surface area contributed by atoms with Crippen molar-refractivity contribution < 1.29 is 9.72 Å². The van der Waals surface area contributed by atoms with E-state index in [1.54, 1.807) is 4.90 Å². The highest BCUT2D eigenvalue weighted by molar-refractivity contribution is 5.94. The van der Waals surface area contributed by atoms with Crippen LogP contribution in [0, 0.1) is 10.1 Å². The van der Waals surface area contributed by atoms with Crippen molar-refractivity contribution in [1.82, 2.24) is 4.90 Å². The second-order valence-electron chi connectivity index (χ2n) is 5.10. The molecule has 1 rings (SSSR count). The maximum Gasteiger partial charge on any atom is 0.269 e. The van der Waals surface area contributed by atoms with Crippen LogP contribution < -0.4 is 0 Å². The van der Waals surface area contributed by atoms with Gasteiger partial charge in [0.2, 0.25) is 0 Å². The van der Waals surface area contributed by atoms with Gasteiger partial charge in [0.05, 0.1) is 4.92 Å². The molecule has 5 nitrogen and oxygen atoms in total. The van der Waals surface area contributed by atoms with Crippen molar-refractivity contribution in [3.8, 4) is 0 Å². The fraction of sp³-hybridized carbons (Fsp3) is 0.562. The lowest BCUT2D eigenvalue weighted by Crippen LogP contribution is -2.31. The molecule has 1 amide bonds. The fourth-order valence-corrected chi connectivity index (χ4v) is 2.22. The van der Waals surface area contributed by atoms with E-state index in [9.17, 15) is 14.9 Å². The number of nitro groups is 1. The first kappa shape index (κ1) is 17.1. The van der Waals surface area contributed by atoms with Gasteiger partial charge in [0, 0.05) is 30.8 Å². The highest BCUT2D eigenvalue weighted by Crippen LogP contribution is 2.14. The van der Waals surface area contributed by atoms with Gasteiger partial charge in [-0.3, -0.25) is 14.9 Å². The third-order valence-electron chi connectivity index (χ3n) is 3.53. The Morgan fingerprint density at radius 2 is 1.71 bits per heavy atom. The summed E-state index contributed by atoms with van der Waals surface area (Å²) in [6.45, 7) is 5.53. The number of rotatable bonds is 9. The molecular weight excluding hydrogens is 268 g/mol. The van der Waals surface area contributed by atoms with Gasteiger partial charge in [-0.1, -0.05) is 32.6 Å². The van der Waals surface area contributed by atoms with Gasteiger partial charge in [-0.2, -0.15) is 0 Å². The highest BCUT2D eigenvalue weighted by Gasteiger charge is 2.15. The molecule has 0 aliphatic heterocycles. The molecule has 0 spiro atoms. The monoisotopic (exact) mass is 292 g/mol. The molecule has 0 aromatic heterocycles. The van der Waals surface area contributed by atoms with Crippen LogP contribution in [0.5, 0.6) is 0 Å². The highest BCUT2D eigenvalue weighted by atomic mass is 16.6. The van der Waals surface area contributed by atoms with E-state index in [-0.39, 0.29) is 11.6 Å². The van der Waals surface area contributed by atoms with E-state index in [0.717, 1.165) is 19.4 Å². The number of benzene rings is 1. The number of amides is 1. The van der Waals surface area contributed by atoms with Crippen molar-refractivity contribution in [2.45, 2.75) is 46.0 Å². The number of non-ortho nitro benzene ring substituents is 1. The van der Waals surface area contributed by atoms with Crippen molar-refractivity contribution in [3.63, 3.8) is 0 Å². The molecule has 0 bridgehead atoms. The predicted octanol–water partition coefficient (Wildman–Crippen LogP) is 4.03. The molecule has 0 N–H and O–H groups in total. The lowest BCUT2D eigenvalue weighted by atomic mass is 10.1. The molecule has 0 heterocycles. The van der Waals surface area contributed by atoms with Crippen LogP contribution in [-0.2, 0) is 0 Å². The Morgan fingerprint density at radius 1 is 1.10 bits per heavy atom. The molecule has 116 valence electrons. The molecule has 0 aliphatic rings. The smallest absolute Gasteiger partial charge is 0.269 e. The summed E-state index contributed by atoms with van der Waals surface area (Å²) in [6.07, 6.45) is 5.80. The predicted molar refractivity (Wildman–Crippen MR) is 83.4 cm³/mol. The molecular formula is C16H24N2O3. The number of nitrogens with zero attached hydrogens (tertiary/aromatic N) is 2. The van der Waals surface area contributed by atoms with Gasteiger partial charge in [0.15, 0.2) is 0 Å². The SMILES string of the molecule is CCCCCCCN(CC)C(=O)c1ccc([N+](=O)[O-])cc1. The standard InChI is InChI=1S/C16H24N2O3/c1-3-5-6-7-8-13-17(4-2)16(19)14-9-11-15(12-10-14)18(20)21/h9-12H,3-8,13H2,1-2H3.